The summed E-state index contributed by atoms with van der Waals surface area (Å²) in [4.78, 5) is 0. The molecule has 0 N–H and O–H groups in total. The van der Waals surface area contributed by atoms with Crippen LogP contribution in [0.15, 0.2) is 54.6 Å². The smallest absolute Gasteiger partial charge is 0.114 e. The van der Waals surface area contributed by atoms with Crippen molar-refractivity contribution < 1.29 is 4.74 Å². The molecule has 1 heteroatoms. The minimum Gasteiger partial charge on any atom is -0.359 e. The Morgan fingerprint density at radius 1 is 0.812 bits per heavy atom. The molecule has 1 saturated heterocycles. The fourth-order valence-corrected chi connectivity index (χ4v) is 2.15. The summed E-state index contributed by atoms with van der Waals surface area (Å²) in [5.41, 5.74) is 3.90. The van der Waals surface area contributed by atoms with Gasteiger partial charge < -0.3 is 4.74 Å². The van der Waals surface area contributed by atoms with Crippen molar-refractivity contribution >= 4 is 0 Å². The third kappa shape index (κ3) is 1.63. The van der Waals surface area contributed by atoms with E-state index in [-0.39, 0.29) is 12.2 Å². The summed E-state index contributed by atoms with van der Waals surface area (Å²) in [7, 11) is 0. The van der Waals surface area contributed by atoms with Gasteiger partial charge in [-0.3, -0.25) is 0 Å². The molecule has 0 aromatic heterocycles. The van der Waals surface area contributed by atoms with E-state index >= 15 is 0 Å². The molecule has 2 aromatic rings. The number of hydrogen-bond donors (Lipinski definition) is 0. The molecule has 0 aliphatic carbocycles. The maximum Gasteiger partial charge on any atom is 0.114 e. The first-order chi connectivity index (χ1) is 7.86. The van der Waals surface area contributed by atoms with Crippen molar-refractivity contribution in [3.05, 3.63) is 71.3 Å². The van der Waals surface area contributed by atoms with Crippen LogP contribution in [0.3, 0.4) is 0 Å². The van der Waals surface area contributed by atoms with Gasteiger partial charge in [0.15, 0.2) is 0 Å². The topological polar surface area (TPSA) is 12.5 Å². The van der Waals surface area contributed by atoms with E-state index in [1.165, 1.54) is 16.7 Å². The molecule has 1 aliphatic heterocycles. The SMILES string of the molecule is Cc1ccccc1[C@H]1O[C@@H]1c1ccccc1. The van der Waals surface area contributed by atoms with Gasteiger partial charge in [-0.25, -0.2) is 0 Å². The van der Waals surface area contributed by atoms with Gasteiger partial charge in [0.2, 0.25) is 0 Å². The second kappa shape index (κ2) is 3.76. The van der Waals surface area contributed by atoms with Gasteiger partial charge in [-0.15, -0.1) is 0 Å². The number of epoxide rings is 1. The van der Waals surface area contributed by atoms with E-state index in [1.54, 1.807) is 0 Å². The Balaban J connectivity index is 1.85. The standard InChI is InChI=1S/C15H14O/c1-11-7-5-6-10-13(11)15-14(16-15)12-8-3-2-4-9-12/h2-10,14-15H,1H3/t14-,15-/m1/s1. The lowest BCUT2D eigenvalue weighted by atomic mass is 10.0. The summed E-state index contributed by atoms with van der Waals surface area (Å²) in [6.45, 7) is 2.14. The van der Waals surface area contributed by atoms with E-state index < -0.39 is 0 Å². The predicted octanol–water partition coefficient (Wildman–Crippen LogP) is 3.81. The molecular formula is C15H14O. The minimum atomic E-state index is 0.252. The highest BCUT2D eigenvalue weighted by molar-refractivity contribution is 5.34. The van der Waals surface area contributed by atoms with E-state index in [0.29, 0.717) is 0 Å². The fraction of sp³-hybridized carbons (Fsp3) is 0.200. The second-order valence-corrected chi connectivity index (χ2v) is 4.24. The van der Waals surface area contributed by atoms with Crippen LogP contribution in [-0.4, -0.2) is 0 Å². The van der Waals surface area contributed by atoms with Crippen LogP contribution in [0.4, 0.5) is 0 Å². The van der Waals surface area contributed by atoms with Crippen LogP contribution >= 0.6 is 0 Å². The zero-order valence-electron chi connectivity index (χ0n) is 9.26. The molecule has 3 rings (SSSR count). The van der Waals surface area contributed by atoms with Gasteiger partial charge in [0.05, 0.1) is 0 Å². The van der Waals surface area contributed by atoms with Gasteiger partial charge in [0, 0.05) is 0 Å². The molecule has 1 fully saturated rings. The third-order valence-electron chi connectivity index (χ3n) is 3.11. The molecule has 1 heterocycles. The van der Waals surface area contributed by atoms with E-state index in [9.17, 15) is 0 Å². The Bertz CT molecular complexity index is 490. The lowest BCUT2D eigenvalue weighted by molar-refractivity contribution is 0.377. The van der Waals surface area contributed by atoms with Gasteiger partial charge in [-0.05, 0) is 23.6 Å². The Kier molecular flexibility index (Phi) is 2.26. The van der Waals surface area contributed by atoms with Crippen LogP contribution in [0.2, 0.25) is 0 Å². The van der Waals surface area contributed by atoms with E-state index in [0.717, 1.165) is 0 Å². The van der Waals surface area contributed by atoms with Crippen LogP contribution < -0.4 is 0 Å². The minimum absolute atomic E-state index is 0.252. The van der Waals surface area contributed by atoms with Crippen molar-refractivity contribution in [2.24, 2.45) is 0 Å². The van der Waals surface area contributed by atoms with Crippen LogP contribution in [0, 0.1) is 6.92 Å². The summed E-state index contributed by atoms with van der Waals surface area (Å²) in [5.74, 6) is 0. The first-order valence-corrected chi connectivity index (χ1v) is 5.62. The number of rotatable bonds is 2. The third-order valence-corrected chi connectivity index (χ3v) is 3.11. The number of benzene rings is 2. The van der Waals surface area contributed by atoms with Gasteiger partial charge in [0.25, 0.3) is 0 Å². The quantitative estimate of drug-likeness (QED) is 0.687. The monoisotopic (exact) mass is 210 g/mol. The summed E-state index contributed by atoms with van der Waals surface area (Å²) in [6.07, 6.45) is 0.505. The fourth-order valence-electron chi connectivity index (χ4n) is 2.15. The second-order valence-electron chi connectivity index (χ2n) is 4.24. The van der Waals surface area contributed by atoms with Crippen LogP contribution in [0.1, 0.15) is 28.9 Å². The summed E-state index contributed by atoms with van der Waals surface area (Å²) in [6, 6.07) is 18.9. The highest BCUT2D eigenvalue weighted by atomic mass is 16.6. The zero-order valence-corrected chi connectivity index (χ0v) is 9.26. The number of hydrogen-bond acceptors (Lipinski definition) is 1. The van der Waals surface area contributed by atoms with Crippen molar-refractivity contribution in [1.82, 2.24) is 0 Å². The van der Waals surface area contributed by atoms with Gasteiger partial charge in [-0.2, -0.15) is 0 Å². The average molecular weight is 210 g/mol. The van der Waals surface area contributed by atoms with Crippen molar-refractivity contribution in [3.8, 4) is 0 Å². The Morgan fingerprint density at radius 2 is 1.50 bits per heavy atom. The lowest BCUT2D eigenvalue weighted by Crippen LogP contribution is -1.87. The number of aryl methyl sites for hydroxylation is 1. The summed E-state index contributed by atoms with van der Waals surface area (Å²) in [5, 5.41) is 0. The summed E-state index contributed by atoms with van der Waals surface area (Å²) < 4.78 is 5.77. The zero-order chi connectivity index (χ0) is 11.0. The van der Waals surface area contributed by atoms with Crippen molar-refractivity contribution in [2.45, 2.75) is 19.1 Å². The molecule has 2 atom stereocenters. The first-order valence-electron chi connectivity index (χ1n) is 5.62. The number of ether oxygens (including phenoxy) is 1. The molecule has 0 saturated carbocycles. The van der Waals surface area contributed by atoms with Gasteiger partial charge >= 0.3 is 0 Å². The molecule has 0 spiro atoms. The van der Waals surface area contributed by atoms with E-state index in [2.05, 4.69) is 55.5 Å². The predicted molar refractivity (Wildman–Crippen MR) is 64.2 cm³/mol. The Labute approximate surface area is 95.7 Å². The van der Waals surface area contributed by atoms with E-state index in [4.69, 9.17) is 4.74 Å². The maximum atomic E-state index is 5.77. The molecule has 1 aliphatic rings. The van der Waals surface area contributed by atoms with Gasteiger partial charge in [0.1, 0.15) is 12.2 Å². The molecule has 0 amide bonds. The maximum absolute atomic E-state index is 5.77. The highest BCUT2D eigenvalue weighted by Crippen LogP contribution is 2.51. The molecule has 0 bridgehead atoms. The van der Waals surface area contributed by atoms with Crippen molar-refractivity contribution in [2.75, 3.05) is 0 Å². The molecule has 2 aromatic carbocycles. The van der Waals surface area contributed by atoms with E-state index in [1.807, 2.05) is 6.07 Å². The lowest BCUT2D eigenvalue weighted by Gasteiger charge is -2.00. The van der Waals surface area contributed by atoms with Gasteiger partial charge in [-0.1, -0.05) is 54.6 Å². The molecule has 1 nitrogen and oxygen atoms in total. The molecule has 80 valence electrons. The normalized spacial score (nSPS) is 23.1. The van der Waals surface area contributed by atoms with Crippen molar-refractivity contribution in [3.63, 3.8) is 0 Å². The summed E-state index contributed by atoms with van der Waals surface area (Å²) >= 11 is 0. The highest BCUT2D eigenvalue weighted by Gasteiger charge is 2.41. The Hall–Kier alpha value is -1.60. The average Bonchev–Trinajstić information content (AvgIpc) is 3.11. The molecule has 16 heavy (non-hydrogen) atoms. The molecule has 0 radical (unpaired) electrons. The largest absolute Gasteiger partial charge is 0.359 e. The van der Waals surface area contributed by atoms with Crippen LogP contribution in [0.25, 0.3) is 0 Å². The van der Waals surface area contributed by atoms with Crippen LogP contribution in [0.5, 0.6) is 0 Å². The van der Waals surface area contributed by atoms with Crippen molar-refractivity contribution in [1.29, 1.82) is 0 Å². The van der Waals surface area contributed by atoms with Crippen LogP contribution in [-0.2, 0) is 4.74 Å². The Morgan fingerprint density at radius 3 is 2.25 bits per heavy atom. The molecular weight excluding hydrogens is 196 g/mol. The first kappa shape index (κ1) is 9.61. The molecule has 0 unspecified atom stereocenters.